The number of Topliss-reactive ketones (excluding diaryl/α,β-unsaturated/α-hetero) is 1. The minimum atomic E-state index is 0.145. The van der Waals surface area contributed by atoms with Crippen molar-refractivity contribution >= 4 is 27.4 Å². The first-order chi connectivity index (χ1) is 8.63. The number of piperidine rings is 1. The Hall–Kier alpha value is -0.830. The number of anilines is 1. The van der Waals surface area contributed by atoms with E-state index < -0.39 is 0 Å². The highest BCUT2D eigenvalue weighted by Crippen LogP contribution is 2.31. The van der Waals surface area contributed by atoms with Crippen molar-refractivity contribution in [3.8, 4) is 0 Å². The minimum Gasteiger partial charge on any atom is -0.368 e. The maximum absolute atomic E-state index is 11.8. The van der Waals surface area contributed by atoms with E-state index in [1.807, 2.05) is 12.1 Å². The monoisotopic (exact) mass is 309 g/mol. The van der Waals surface area contributed by atoms with E-state index >= 15 is 0 Å². The van der Waals surface area contributed by atoms with Crippen LogP contribution in [0.5, 0.6) is 0 Å². The predicted molar refractivity (Wildman–Crippen MR) is 79.4 cm³/mol. The maximum Gasteiger partial charge on any atom is 0.161 e. The largest absolute Gasteiger partial charge is 0.368 e. The van der Waals surface area contributed by atoms with Crippen LogP contribution in [0, 0.1) is 0 Å². The van der Waals surface area contributed by atoms with Gasteiger partial charge in [-0.05, 0) is 50.8 Å². The Balaban J connectivity index is 2.39. The zero-order valence-electron chi connectivity index (χ0n) is 11.1. The summed E-state index contributed by atoms with van der Waals surface area (Å²) in [5.74, 6) is 0.145. The van der Waals surface area contributed by atoms with Gasteiger partial charge in [-0.15, -0.1) is 0 Å². The van der Waals surface area contributed by atoms with Gasteiger partial charge in [0.1, 0.15) is 0 Å². The number of rotatable bonds is 3. The Morgan fingerprint density at radius 2 is 2.22 bits per heavy atom. The summed E-state index contributed by atoms with van der Waals surface area (Å²) in [5, 5.41) is 0. The Bertz CT molecular complexity index is 444. The van der Waals surface area contributed by atoms with Crippen molar-refractivity contribution in [2.24, 2.45) is 0 Å². The average Bonchev–Trinajstić information content (AvgIpc) is 2.38. The third-order valence-corrected chi connectivity index (χ3v) is 4.24. The van der Waals surface area contributed by atoms with E-state index in [1.165, 1.54) is 19.3 Å². The summed E-state index contributed by atoms with van der Waals surface area (Å²) in [5.41, 5.74) is 1.95. The van der Waals surface area contributed by atoms with Crippen molar-refractivity contribution in [3.05, 3.63) is 28.2 Å². The number of hydrogen-bond donors (Lipinski definition) is 0. The van der Waals surface area contributed by atoms with E-state index in [0.29, 0.717) is 6.04 Å². The second kappa shape index (κ2) is 5.87. The molecule has 0 spiro atoms. The van der Waals surface area contributed by atoms with E-state index in [9.17, 15) is 4.79 Å². The quantitative estimate of drug-likeness (QED) is 0.770. The standard InChI is InChI=1S/C15H20BrNO/c1-3-13-6-4-5-9-17(13)15-8-7-12(16)10-14(15)11(2)18/h7-8,10,13H,3-6,9H2,1-2H3. The molecule has 2 nitrogen and oxygen atoms in total. The molecule has 1 aliphatic rings. The molecule has 1 aromatic carbocycles. The first kappa shape index (κ1) is 13.6. The first-order valence-electron chi connectivity index (χ1n) is 6.70. The lowest BCUT2D eigenvalue weighted by molar-refractivity contribution is 0.101. The third kappa shape index (κ3) is 2.77. The lowest BCUT2D eigenvalue weighted by Gasteiger charge is -2.38. The average molecular weight is 310 g/mol. The molecule has 0 N–H and O–H groups in total. The molecule has 0 bridgehead atoms. The summed E-state index contributed by atoms with van der Waals surface area (Å²) in [6.07, 6.45) is 4.92. The van der Waals surface area contributed by atoms with Gasteiger partial charge in [0.25, 0.3) is 0 Å². The molecule has 3 heteroatoms. The molecule has 1 aromatic rings. The van der Waals surface area contributed by atoms with Gasteiger partial charge in [0, 0.05) is 28.3 Å². The fourth-order valence-corrected chi connectivity index (χ4v) is 3.14. The summed E-state index contributed by atoms with van der Waals surface area (Å²) in [4.78, 5) is 14.2. The van der Waals surface area contributed by atoms with Gasteiger partial charge in [0.05, 0.1) is 0 Å². The normalized spacial score (nSPS) is 19.9. The summed E-state index contributed by atoms with van der Waals surface area (Å²) in [6, 6.07) is 6.63. The molecule has 1 fully saturated rings. The third-order valence-electron chi connectivity index (χ3n) is 3.75. The van der Waals surface area contributed by atoms with Gasteiger partial charge in [-0.25, -0.2) is 0 Å². The number of ketones is 1. The Kier molecular flexibility index (Phi) is 4.44. The van der Waals surface area contributed by atoms with Crippen LogP contribution in [0.1, 0.15) is 49.9 Å². The van der Waals surface area contributed by atoms with Crippen LogP contribution in [-0.4, -0.2) is 18.4 Å². The van der Waals surface area contributed by atoms with E-state index in [4.69, 9.17) is 0 Å². The Morgan fingerprint density at radius 3 is 2.89 bits per heavy atom. The maximum atomic E-state index is 11.8. The number of carbonyl (C=O) groups excluding carboxylic acids is 1. The Morgan fingerprint density at radius 1 is 1.44 bits per heavy atom. The topological polar surface area (TPSA) is 20.3 Å². The molecule has 1 saturated heterocycles. The number of nitrogens with zero attached hydrogens (tertiary/aromatic N) is 1. The van der Waals surface area contributed by atoms with Gasteiger partial charge in [-0.3, -0.25) is 4.79 Å². The van der Waals surface area contributed by atoms with E-state index in [-0.39, 0.29) is 5.78 Å². The summed E-state index contributed by atoms with van der Waals surface area (Å²) >= 11 is 3.45. The Labute approximate surface area is 117 Å². The number of benzene rings is 1. The molecule has 18 heavy (non-hydrogen) atoms. The molecule has 1 aliphatic heterocycles. The van der Waals surface area contributed by atoms with E-state index in [0.717, 1.165) is 28.7 Å². The second-order valence-corrected chi connectivity index (χ2v) is 5.88. The van der Waals surface area contributed by atoms with Crippen LogP contribution >= 0.6 is 15.9 Å². The SMILES string of the molecule is CCC1CCCCN1c1ccc(Br)cc1C(C)=O. The highest BCUT2D eigenvalue weighted by atomic mass is 79.9. The molecule has 0 aromatic heterocycles. The smallest absolute Gasteiger partial charge is 0.161 e. The van der Waals surface area contributed by atoms with Gasteiger partial charge in [-0.1, -0.05) is 22.9 Å². The fourth-order valence-electron chi connectivity index (χ4n) is 2.78. The van der Waals surface area contributed by atoms with Crippen LogP contribution in [0.4, 0.5) is 5.69 Å². The molecule has 0 aliphatic carbocycles. The summed E-state index contributed by atoms with van der Waals surface area (Å²) < 4.78 is 0.974. The molecule has 2 rings (SSSR count). The van der Waals surface area contributed by atoms with Crippen molar-refractivity contribution in [3.63, 3.8) is 0 Å². The number of carbonyl (C=O) groups is 1. The van der Waals surface area contributed by atoms with Gasteiger partial charge in [0.2, 0.25) is 0 Å². The summed E-state index contributed by atoms with van der Waals surface area (Å²) in [7, 11) is 0. The molecule has 0 amide bonds. The van der Waals surface area contributed by atoms with Crippen LogP contribution in [0.3, 0.4) is 0 Å². The van der Waals surface area contributed by atoms with Gasteiger partial charge >= 0.3 is 0 Å². The molecule has 1 heterocycles. The van der Waals surface area contributed by atoms with Crippen LogP contribution in [0.15, 0.2) is 22.7 Å². The van der Waals surface area contributed by atoms with Crippen molar-refractivity contribution < 1.29 is 4.79 Å². The summed E-state index contributed by atoms with van der Waals surface area (Å²) in [6.45, 7) is 4.95. The molecule has 1 unspecified atom stereocenters. The highest BCUT2D eigenvalue weighted by Gasteiger charge is 2.24. The molecular formula is C15H20BrNO. The van der Waals surface area contributed by atoms with E-state index in [2.05, 4.69) is 33.8 Å². The van der Waals surface area contributed by atoms with Crippen molar-refractivity contribution in [2.75, 3.05) is 11.4 Å². The van der Waals surface area contributed by atoms with Gasteiger partial charge in [0.15, 0.2) is 5.78 Å². The zero-order valence-corrected chi connectivity index (χ0v) is 12.7. The molecule has 98 valence electrons. The second-order valence-electron chi connectivity index (χ2n) is 4.97. The lowest BCUT2D eigenvalue weighted by Crippen LogP contribution is -2.39. The fraction of sp³-hybridized carbons (Fsp3) is 0.533. The van der Waals surface area contributed by atoms with Crippen LogP contribution in [-0.2, 0) is 0 Å². The van der Waals surface area contributed by atoms with Crippen molar-refractivity contribution in [1.82, 2.24) is 0 Å². The van der Waals surface area contributed by atoms with Gasteiger partial charge in [-0.2, -0.15) is 0 Å². The van der Waals surface area contributed by atoms with Gasteiger partial charge < -0.3 is 4.90 Å². The lowest BCUT2D eigenvalue weighted by atomic mass is 9.97. The first-order valence-corrected chi connectivity index (χ1v) is 7.50. The van der Waals surface area contributed by atoms with E-state index in [1.54, 1.807) is 6.92 Å². The molecule has 1 atom stereocenters. The molecular weight excluding hydrogens is 290 g/mol. The van der Waals surface area contributed by atoms with Crippen molar-refractivity contribution in [1.29, 1.82) is 0 Å². The van der Waals surface area contributed by atoms with Crippen molar-refractivity contribution in [2.45, 2.75) is 45.6 Å². The molecule has 0 radical (unpaired) electrons. The number of halogens is 1. The predicted octanol–water partition coefficient (Wildman–Crippen LogP) is 4.42. The van der Waals surface area contributed by atoms with Crippen LogP contribution in [0.25, 0.3) is 0 Å². The van der Waals surface area contributed by atoms with Crippen LogP contribution in [0.2, 0.25) is 0 Å². The van der Waals surface area contributed by atoms with Crippen LogP contribution < -0.4 is 4.90 Å². The highest BCUT2D eigenvalue weighted by molar-refractivity contribution is 9.10. The molecule has 0 saturated carbocycles. The zero-order chi connectivity index (χ0) is 13.1. The number of hydrogen-bond acceptors (Lipinski definition) is 2. The minimum absolute atomic E-state index is 0.145.